The van der Waals surface area contributed by atoms with E-state index in [4.69, 9.17) is 9.84 Å². The van der Waals surface area contributed by atoms with Crippen LogP contribution in [0.5, 0.6) is 0 Å². The smallest absolute Gasteiger partial charge is 0.251 e. The number of carbonyl (C=O) groups excluding carboxylic acids is 2. The van der Waals surface area contributed by atoms with Gasteiger partial charge in [0, 0.05) is 30.2 Å². The van der Waals surface area contributed by atoms with E-state index >= 15 is 0 Å². The Morgan fingerprint density at radius 2 is 1.96 bits per heavy atom. The first-order valence-corrected chi connectivity index (χ1v) is 8.89. The molecule has 0 aliphatic carbocycles. The average molecular weight is 356 g/mol. The summed E-state index contributed by atoms with van der Waals surface area (Å²) in [6, 6.07) is 4.46. The highest BCUT2D eigenvalue weighted by Crippen LogP contribution is 2.09. The quantitative estimate of drug-likeness (QED) is 0.696. The van der Waals surface area contributed by atoms with Gasteiger partial charge in [0.1, 0.15) is 11.9 Å². The predicted octanol–water partition coefficient (Wildman–Crippen LogP) is 0.508. The molecule has 0 saturated carbocycles. The first-order valence-electron chi connectivity index (χ1n) is 7.73. The topological polar surface area (TPSA) is 78.9 Å². The van der Waals surface area contributed by atoms with Gasteiger partial charge in [-0.15, -0.1) is 0 Å². The molecule has 6 nitrogen and oxygen atoms in total. The van der Waals surface area contributed by atoms with Crippen molar-refractivity contribution in [2.45, 2.75) is 6.04 Å². The Balaban J connectivity index is 2.02. The van der Waals surface area contributed by atoms with E-state index in [1.165, 1.54) is 36.0 Å². The van der Waals surface area contributed by atoms with Gasteiger partial charge in [0.25, 0.3) is 5.91 Å². The maximum Gasteiger partial charge on any atom is 0.251 e. The molecule has 8 heteroatoms. The van der Waals surface area contributed by atoms with Crippen LogP contribution >= 0.6 is 11.8 Å². The number of amides is 2. The Bertz CT molecular complexity index is 550. The summed E-state index contributed by atoms with van der Waals surface area (Å²) in [4.78, 5) is 26.6. The van der Waals surface area contributed by atoms with Crippen molar-refractivity contribution in [1.82, 2.24) is 10.2 Å². The largest absolute Gasteiger partial charge is 0.396 e. The molecule has 1 aromatic rings. The van der Waals surface area contributed by atoms with Crippen LogP contribution in [-0.2, 0) is 9.53 Å². The SMILES string of the molecule is O=C(NC(CSCCO)C(=O)N1CCOCC1)c1ccc(F)cc1. The number of aliphatic hydroxyl groups is 1. The summed E-state index contributed by atoms with van der Waals surface area (Å²) in [5.41, 5.74) is 0.295. The van der Waals surface area contributed by atoms with Crippen molar-refractivity contribution >= 4 is 23.6 Å². The van der Waals surface area contributed by atoms with Crippen LogP contribution in [0.25, 0.3) is 0 Å². The summed E-state index contributed by atoms with van der Waals surface area (Å²) in [7, 11) is 0. The van der Waals surface area contributed by atoms with Crippen LogP contribution in [0.15, 0.2) is 24.3 Å². The molecule has 0 spiro atoms. The van der Waals surface area contributed by atoms with E-state index in [0.717, 1.165) is 0 Å². The van der Waals surface area contributed by atoms with Crippen molar-refractivity contribution in [1.29, 1.82) is 0 Å². The zero-order chi connectivity index (χ0) is 17.4. The van der Waals surface area contributed by atoms with E-state index in [1.54, 1.807) is 4.90 Å². The van der Waals surface area contributed by atoms with E-state index in [-0.39, 0.29) is 12.5 Å². The maximum atomic E-state index is 13.0. The molecule has 1 aliphatic rings. The molecule has 1 heterocycles. The van der Waals surface area contributed by atoms with Gasteiger partial charge in [0.15, 0.2) is 0 Å². The number of hydrogen-bond acceptors (Lipinski definition) is 5. The number of ether oxygens (including phenoxy) is 1. The molecule has 2 amide bonds. The first kappa shape index (κ1) is 18.7. The minimum atomic E-state index is -0.697. The second-order valence-corrected chi connectivity index (χ2v) is 6.42. The van der Waals surface area contributed by atoms with Crippen molar-refractivity contribution in [3.8, 4) is 0 Å². The minimum absolute atomic E-state index is 0.00897. The number of hydrogen-bond donors (Lipinski definition) is 2. The van der Waals surface area contributed by atoms with Crippen LogP contribution in [0.1, 0.15) is 10.4 Å². The Morgan fingerprint density at radius 3 is 2.58 bits per heavy atom. The molecule has 24 heavy (non-hydrogen) atoms. The van der Waals surface area contributed by atoms with E-state index in [9.17, 15) is 14.0 Å². The summed E-state index contributed by atoms with van der Waals surface area (Å²) in [6.07, 6.45) is 0. The lowest BCUT2D eigenvalue weighted by Crippen LogP contribution is -2.52. The zero-order valence-corrected chi connectivity index (χ0v) is 14.1. The van der Waals surface area contributed by atoms with Crippen molar-refractivity contribution in [3.05, 3.63) is 35.6 Å². The highest BCUT2D eigenvalue weighted by Gasteiger charge is 2.27. The standard InChI is InChI=1S/C16H21FN2O4S/c17-13-3-1-12(2-4-13)15(21)18-14(11-24-10-7-20)16(22)19-5-8-23-9-6-19/h1-4,14,20H,5-11H2,(H,18,21). The van der Waals surface area contributed by atoms with Gasteiger partial charge < -0.3 is 20.1 Å². The molecule has 132 valence electrons. The average Bonchev–Trinajstić information content (AvgIpc) is 2.61. The van der Waals surface area contributed by atoms with E-state index < -0.39 is 17.8 Å². The highest BCUT2D eigenvalue weighted by molar-refractivity contribution is 7.99. The molecule has 2 N–H and O–H groups in total. The van der Waals surface area contributed by atoms with Crippen LogP contribution in [0, 0.1) is 5.82 Å². The summed E-state index contributed by atoms with van der Waals surface area (Å²) < 4.78 is 18.2. The number of benzene rings is 1. The third kappa shape index (κ3) is 5.47. The summed E-state index contributed by atoms with van der Waals surface area (Å²) >= 11 is 1.39. The van der Waals surface area contributed by atoms with Gasteiger partial charge in [0.05, 0.1) is 19.8 Å². The molecular formula is C16H21FN2O4S. The van der Waals surface area contributed by atoms with Gasteiger partial charge in [-0.3, -0.25) is 9.59 Å². The Kier molecular flexibility index (Phi) is 7.48. The van der Waals surface area contributed by atoms with E-state index in [2.05, 4.69) is 5.32 Å². The molecule has 1 unspecified atom stereocenters. The van der Waals surface area contributed by atoms with Gasteiger partial charge in [0.2, 0.25) is 5.91 Å². The molecule has 0 aromatic heterocycles. The summed E-state index contributed by atoms with van der Waals surface area (Å²) in [5.74, 6) is -0.167. The molecule has 1 fully saturated rings. The number of thioether (sulfide) groups is 1. The summed E-state index contributed by atoms with van der Waals surface area (Å²) in [6.45, 7) is 1.95. The Morgan fingerprint density at radius 1 is 1.29 bits per heavy atom. The Hall–Kier alpha value is -1.64. The third-order valence-corrected chi connectivity index (χ3v) is 4.59. The van der Waals surface area contributed by atoms with Crippen LogP contribution in [0.3, 0.4) is 0 Å². The first-order chi connectivity index (χ1) is 11.6. The monoisotopic (exact) mass is 356 g/mol. The lowest BCUT2D eigenvalue weighted by molar-refractivity contribution is -0.136. The molecule has 1 saturated heterocycles. The highest BCUT2D eigenvalue weighted by atomic mass is 32.2. The number of aliphatic hydroxyl groups excluding tert-OH is 1. The normalized spacial score (nSPS) is 15.8. The lowest BCUT2D eigenvalue weighted by Gasteiger charge is -2.30. The minimum Gasteiger partial charge on any atom is -0.396 e. The fourth-order valence-electron chi connectivity index (χ4n) is 2.29. The number of nitrogens with one attached hydrogen (secondary N) is 1. The fraction of sp³-hybridized carbons (Fsp3) is 0.500. The van der Waals surface area contributed by atoms with Gasteiger partial charge in [-0.1, -0.05) is 0 Å². The second-order valence-electron chi connectivity index (χ2n) is 5.27. The number of rotatable bonds is 7. The molecule has 0 bridgehead atoms. The number of morpholine rings is 1. The van der Waals surface area contributed by atoms with Crippen molar-refractivity contribution < 1.29 is 23.8 Å². The van der Waals surface area contributed by atoms with Gasteiger partial charge >= 0.3 is 0 Å². The van der Waals surface area contributed by atoms with Crippen molar-refractivity contribution in [3.63, 3.8) is 0 Å². The Labute approximate surface area is 144 Å². The van der Waals surface area contributed by atoms with Gasteiger partial charge in [-0.25, -0.2) is 4.39 Å². The fourth-order valence-corrected chi connectivity index (χ4v) is 3.04. The van der Waals surface area contributed by atoms with Gasteiger partial charge in [-0.2, -0.15) is 11.8 Å². The second kappa shape index (κ2) is 9.61. The lowest BCUT2D eigenvalue weighted by atomic mass is 10.2. The summed E-state index contributed by atoms with van der Waals surface area (Å²) in [5, 5.41) is 11.6. The van der Waals surface area contributed by atoms with Gasteiger partial charge in [-0.05, 0) is 24.3 Å². The van der Waals surface area contributed by atoms with Crippen LogP contribution in [0.4, 0.5) is 4.39 Å². The van der Waals surface area contributed by atoms with E-state index in [1.807, 2.05) is 0 Å². The molecule has 2 rings (SSSR count). The van der Waals surface area contributed by atoms with Crippen molar-refractivity contribution in [2.75, 3.05) is 44.4 Å². The molecule has 0 radical (unpaired) electrons. The molecule has 1 aromatic carbocycles. The van der Waals surface area contributed by atoms with Crippen LogP contribution in [0.2, 0.25) is 0 Å². The van der Waals surface area contributed by atoms with Crippen LogP contribution < -0.4 is 5.32 Å². The number of carbonyl (C=O) groups is 2. The molecule has 1 aliphatic heterocycles. The maximum absolute atomic E-state index is 13.0. The number of nitrogens with zero attached hydrogens (tertiary/aromatic N) is 1. The number of halogens is 1. The predicted molar refractivity (Wildman–Crippen MR) is 89.5 cm³/mol. The third-order valence-electron chi connectivity index (χ3n) is 3.55. The van der Waals surface area contributed by atoms with Crippen LogP contribution in [-0.4, -0.2) is 72.3 Å². The molecular weight excluding hydrogens is 335 g/mol. The zero-order valence-electron chi connectivity index (χ0n) is 13.2. The molecule has 1 atom stereocenters. The van der Waals surface area contributed by atoms with Crippen molar-refractivity contribution in [2.24, 2.45) is 0 Å². The van der Waals surface area contributed by atoms with E-state index in [0.29, 0.717) is 43.4 Å².